The molecule has 0 heterocycles. The highest BCUT2D eigenvalue weighted by atomic mass is 28.3. The lowest BCUT2D eigenvalue weighted by Gasteiger charge is -2.33. The fraction of sp³-hybridized carbons (Fsp3) is 0.524. The first kappa shape index (κ1) is 19.6. The molecule has 2 rings (SSSR count). The molecule has 25 heavy (non-hydrogen) atoms. The van der Waals surface area contributed by atoms with Gasteiger partial charge in [-0.3, -0.25) is 9.59 Å². The van der Waals surface area contributed by atoms with Crippen molar-refractivity contribution in [1.82, 2.24) is 0 Å². The smallest absolute Gasteiger partial charge is 0.313 e. The molecule has 1 fully saturated rings. The number of carbonyl (C=O) groups is 2. The van der Waals surface area contributed by atoms with Crippen molar-refractivity contribution >= 4 is 19.8 Å². The lowest BCUT2D eigenvalue weighted by Crippen LogP contribution is -2.33. The monoisotopic (exact) mass is 358 g/mol. The Bertz CT molecular complexity index is 628. The summed E-state index contributed by atoms with van der Waals surface area (Å²) in [5, 5.41) is 0. The van der Waals surface area contributed by atoms with E-state index in [0.717, 1.165) is 24.0 Å². The minimum absolute atomic E-state index is 0.00194. The van der Waals surface area contributed by atoms with Gasteiger partial charge < -0.3 is 4.74 Å². The van der Waals surface area contributed by atoms with Gasteiger partial charge in [0.25, 0.3) is 0 Å². The third kappa shape index (κ3) is 5.67. The van der Waals surface area contributed by atoms with Crippen LogP contribution in [0.15, 0.2) is 41.6 Å². The molecule has 2 atom stereocenters. The zero-order chi connectivity index (χ0) is 18.4. The van der Waals surface area contributed by atoms with Crippen molar-refractivity contribution < 1.29 is 14.3 Å². The van der Waals surface area contributed by atoms with Crippen LogP contribution in [0.3, 0.4) is 0 Å². The molecule has 0 N–H and O–H groups in total. The second-order valence-electron chi connectivity index (χ2n) is 7.99. The third-order valence-corrected chi connectivity index (χ3v) is 5.70. The molecule has 1 aliphatic rings. The standard InChI is InChI=1S/C21H30O3Si/c1-5-6-12-24-21(23)19-14-17(22)13-18(16-10-8-7-9-11-16)20(19)15-25(2,3)4/h7-11,15,18-19H,5-6,12-14H2,1-4H3/b20-15+/t18-,19+/m0/s1. The van der Waals surface area contributed by atoms with Crippen LogP contribution in [0.1, 0.15) is 44.1 Å². The van der Waals surface area contributed by atoms with Crippen LogP contribution < -0.4 is 0 Å². The zero-order valence-corrected chi connectivity index (χ0v) is 16.9. The van der Waals surface area contributed by atoms with Crippen molar-refractivity contribution in [3.05, 3.63) is 47.2 Å². The predicted molar refractivity (Wildman–Crippen MR) is 104 cm³/mol. The number of ether oxygens (including phenoxy) is 1. The predicted octanol–water partition coefficient (Wildman–Crippen LogP) is 4.90. The van der Waals surface area contributed by atoms with Crippen LogP contribution in [0, 0.1) is 5.92 Å². The molecule has 0 saturated heterocycles. The Morgan fingerprint density at radius 3 is 2.48 bits per heavy atom. The van der Waals surface area contributed by atoms with Gasteiger partial charge >= 0.3 is 5.97 Å². The number of carbonyl (C=O) groups excluding carboxylic acids is 2. The first-order valence-corrected chi connectivity index (χ1v) is 12.9. The molecule has 0 aliphatic heterocycles. The minimum Gasteiger partial charge on any atom is -0.465 e. The number of benzene rings is 1. The molecule has 3 nitrogen and oxygen atoms in total. The van der Waals surface area contributed by atoms with Crippen LogP contribution in [-0.4, -0.2) is 26.4 Å². The normalized spacial score (nSPS) is 22.9. The number of ketones is 1. The highest BCUT2D eigenvalue weighted by Gasteiger charge is 2.38. The van der Waals surface area contributed by atoms with Crippen molar-refractivity contribution in [3.8, 4) is 0 Å². The largest absolute Gasteiger partial charge is 0.465 e. The second-order valence-corrected chi connectivity index (χ2v) is 13.0. The van der Waals surface area contributed by atoms with Gasteiger partial charge in [0.15, 0.2) is 0 Å². The van der Waals surface area contributed by atoms with Crippen LogP contribution in [0.2, 0.25) is 19.6 Å². The topological polar surface area (TPSA) is 43.4 Å². The summed E-state index contributed by atoms with van der Waals surface area (Å²) in [5.41, 5.74) is 4.53. The minimum atomic E-state index is -1.55. The van der Waals surface area contributed by atoms with Gasteiger partial charge in [0.1, 0.15) is 5.78 Å². The van der Waals surface area contributed by atoms with Crippen LogP contribution in [-0.2, 0) is 14.3 Å². The molecule has 136 valence electrons. The number of rotatable bonds is 6. The third-order valence-electron chi connectivity index (χ3n) is 4.50. The first-order chi connectivity index (χ1) is 11.8. The van der Waals surface area contributed by atoms with Crippen molar-refractivity contribution in [2.24, 2.45) is 5.92 Å². The summed E-state index contributed by atoms with van der Waals surface area (Å²) in [6.45, 7) is 9.30. The summed E-state index contributed by atoms with van der Waals surface area (Å²) in [6.07, 6.45) is 2.62. The van der Waals surface area contributed by atoms with E-state index in [0.29, 0.717) is 13.0 Å². The molecule has 1 aromatic rings. The summed E-state index contributed by atoms with van der Waals surface area (Å²) < 4.78 is 5.48. The van der Waals surface area contributed by atoms with Crippen LogP contribution >= 0.6 is 0 Å². The van der Waals surface area contributed by atoms with Crippen LogP contribution in [0.5, 0.6) is 0 Å². The molecule has 0 bridgehead atoms. The maximum Gasteiger partial charge on any atom is 0.313 e. The van der Waals surface area contributed by atoms with E-state index in [1.807, 2.05) is 18.2 Å². The number of unbranched alkanes of at least 4 members (excludes halogenated alkanes) is 1. The number of Topliss-reactive ketones (excluding diaryl/α,β-unsaturated/α-hetero) is 1. The quantitative estimate of drug-likeness (QED) is 0.413. The summed E-state index contributed by atoms with van der Waals surface area (Å²) in [5.74, 6) is -0.501. The van der Waals surface area contributed by atoms with E-state index in [2.05, 4.69) is 44.4 Å². The van der Waals surface area contributed by atoms with Gasteiger partial charge in [-0.05, 0) is 12.0 Å². The Hall–Kier alpha value is -1.68. The molecule has 1 aromatic carbocycles. The van der Waals surface area contributed by atoms with E-state index in [-0.39, 0.29) is 24.1 Å². The lowest BCUT2D eigenvalue weighted by molar-refractivity contribution is -0.149. The summed E-state index contributed by atoms with van der Waals surface area (Å²) in [7, 11) is -1.55. The Kier molecular flexibility index (Phi) is 6.76. The second kappa shape index (κ2) is 8.61. The van der Waals surface area contributed by atoms with Crippen LogP contribution in [0.25, 0.3) is 0 Å². The fourth-order valence-electron chi connectivity index (χ4n) is 3.35. The molecule has 0 spiro atoms. The number of esters is 1. The van der Waals surface area contributed by atoms with Gasteiger partial charge in [0.05, 0.1) is 20.6 Å². The highest BCUT2D eigenvalue weighted by molar-refractivity contribution is 6.81. The molecule has 4 heteroatoms. The van der Waals surface area contributed by atoms with Gasteiger partial charge in [-0.1, -0.05) is 74.6 Å². The van der Waals surface area contributed by atoms with Gasteiger partial charge in [-0.25, -0.2) is 0 Å². The lowest BCUT2D eigenvalue weighted by atomic mass is 9.74. The molecule has 0 aromatic heterocycles. The molecule has 0 unspecified atom stereocenters. The SMILES string of the molecule is CCCCOC(=O)[C@@H]1CC(=O)C[C@@H](c2ccccc2)/C1=C\[Si](C)(C)C. The summed E-state index contributed by atoms with van der Waals surface area (Å²) in [4.78, 5) is 25.1. The first-order valence-electron chi connectivity index (χ1n) is 9.27. The van der Waals surface area contributed by atoms with Crippen molar-refractivity contribution in [2.45, 2.75) is 58.2 Å². The summed E-state index contributed by atoms with van der Waals surface area (Å²) >= 11 is 0. The van der Waals surface area contributed by atoms with E-state index in [4.69, 9.17) is 4.74 Å². The van der Waals surface area contributed by atoms with Gasteiger partial charge in [0, 0.05) is 18.8 Å². The Morgan fingerprint density at radius 1 is 1.20 bits per heavy atom. The van der Waals surface area contributed by atoms with Crippen LogP contribution in [0.4, 0.5) is 0 Å². The summed E-state index contributed by atoms with van der Waals surface area (Å²) in [6, 6.07) is 10.1. The zero-order valence-electron chi connectivity index (χ0n) is 15.9. The molecule has 0 amide bonds. The van der Waals surface area contributed by atoms with Gasteiger partial charge in [-0.2, -0.15) is 0 Å². The number of hydrogen-bond donors (Lipinski definition) is 0. The maximum absolute atomic E-state index is 12.7. The van der Waals surface area contributed by atoms with E-state index in [1.165, 1.54) is 0 Å². The molecule has 1 saturated carbocycles. The van der Waals surface area contributed by atoms with Crippen molar-refractivity contribution in [3.63, 3.8) is 0 Å². The Morgan fingerprint density at radius 2 is 1.88 bits per heavy atom. The average molecular weight is 359 g/mol. The molecular weight excluding hydrogens is 328 g/mol. The van der Waals surface area contributed by atoms with Gasteiger partial charge in [0.2, 0.25) is 0 Å². The van der Waals surface area contributed by atoms with Crippen molar-refractivity contribution in [1.29, 1.82) is 0 Å². The maximum atomic E-state index is 12.7. The fourth-order valence-corrected chi connectivity index (χ4v) is 4.75. The van der Waals surface area contributed by atoms with Gasteiger partial charge in [-0.15, -0.1) is 0 Å². The highest BCUT2D eigenvalue weighted by Crippen LogP contribution is 2.41. The van der Waals surface area contributed by atoms with E-state index >= 15 is 0 Å². The molecular formula is C21H30O3Si. The van der Waals surface area contributed by atoms with Crippen molar-refractivity contribution in [2.75, 3.05) is 6.61 Å². The molecule has 1 aliphatic carbocycles. The average Bonchev–Trinajstić information content (AvgIpc) is 2.55. The Balaban J connectivity index is 2.37. The van der Waals surface area contributed by atoms with E-state index in [1.54, 1.807) is 0 Å². The van der Waals surface area contributed by atoms with E-state index < -0.39 is 14.0 Å². The van der Waals surface area contributed by atoms with E-state index in [9.17, 15) is 9.59 Å². The Labute approximate surface area is 152 Å². The molecule has 0 radical (unpaired) electrons. The number of hydrogen-bond acceptors (Lipinski definition) is 3.